The minimum Gasteiger partial charge on any atom is -0.320 e. The minimum atomic E-state index is -0.201. The smallest absolute Gasteiger partial charge is 0.320 e. The topological polar surface area (TPSA) is 69.7 Å². The van der Waals surface area contributed by atoms with Crippen LogP contribution in [0.2, 0.25) is 0 Å². The van der Waals surface area contributed by atoms with Gasteiger partial charge in [0, 0.05) is 18.8 Å². The van der Waals surface area contributed by atoms with Gasteiger partial charge < -0.3 is 10.2 Å². The molecule has 1 aromatic carbocycles. The molecule has 2 unspecified atom stereocenters. The summed E-state index contributed by atoms with van der Waals surface area (Å²) >= 11 is 0. The fourth-order valence-corrected chi connectivity index (χ4v) is 3.90. The minimum absolute atomic E-state index is 0.0666. The fraction of sp³-hybridized carbons (Fsp3) is 0.421. The molecular weight excluding hydrogens is 318 g/mol. The number of nitrogens with one attached hydrogen (secondary N) is 1. The summed E-state index contributed by atoms with van der Waals surface area (Å²) in [5, 5.41) is 2.86. The quantitative estimate of drug-likeness (QED) is 0.663. The lowest BCUT2D eigenvalue weighted by molar-refractivity contribution is -0.145. The van der Waals surface area contributed by atoms with Gasteiger partial charge in [-0.1, -0.05) is 24.3 Å². The summed E-state index contributed by atoms with van der Waals surface area (Å²) < 4.78 is 0. The zero-order chi connectivity index (χ0) is 17.6. The lowest BCUT2D eigenvalue weighted by Gasteiger charge is -2.43. The van der Waals surface area contributed by atoms with E-state index in [1.807, 2.05) is 43.3 Å². The SMILES string of the molecule is Cc1cccc(NC(=O)N2CC(N3C(=O)C4CC=CCC4C3=O)C2)c1. The number of likely N-dealkylation sites (tertiary alicyclic amines) is 2. The predicted octanol–water partition coefficient (Wildman–Crippen LogP) is 2.16. The first kappa shape index (κ1) is 15.9. The lowest BCUT2D eigenvalue weighted by atomic mass is 9.85. The first-order valence-corrected chi connectivity index (χ1v) is 8.69. The highest BCUT2D eigenvalue weighted by molar-refractivity contribution is 6.06. The second-order valence-electron chi connectivity index (χ2n) is 7.06. The largest absolute Gasteiger partial charge is 0.321 e. The third-order valence-corrected chi connectivity index (χ3v) is 5.33. The van der Waals surface area contributed by atoms with E-state index in [1.165, 1.54) is 4.90 Å². The van der Waals surface area contributed by atoms with Crippen molar-refractivity contribution in [1.82, 2.24) is 9.80 Å². The molecule has 0 bridgehead atoms. The highest BCUT2D eigenvalue weighted by Crippen LogP contribution is 2.37. The van der Waals surface area contributed by atoms with E-state index in [0.29, 0.717) is 25.9 Å². The van der Waals surface area contributed by atoms with E-state index in [2.05, 4.69) is 5.32 Å². The van der Waals surface area contributed by atoms with Crippen LogP contribution >= 0.6 is 0 Å². The Morgan fingerprint density at radius 3 is 2.32 bits per heavy atom. The number of urea groups is 1. The number of fused-ring (bicyclic) bond motifs is 1. The van der Waals surface area contributed by atoms with E-state index in [-0.39, 0.29) is 35.7 Å². The van der Waals surface area contributed by atoms with E-state index >= 15 is 0 Å². The average molecular weight is 339 g/mol. The summed E-state index contributed by atoms with van der Waals surface area (Å²) in [6.45, 7) is 2.78. The molecule has 2 atom stereocenters. The molecule has 1 aromatic rings. The van der Waals surface area contributed by atoms with Gasteiger partial charge in [0.05, 0.1) is 17.9 Å². The Bertz CT molecular complexity index is 741. The number of anilines is 1. The Kier molecular flexibility index (Phi) is 3.82. The van der Waals surface area contributed by atoms with E-state index < -0.39 is 0 Å². The second kappa shape index (κ2) is 6.02. The predicted molar refractivity (Wildman–Crippen MR) is 92.8 cm³/mol. The van der Waals surface area contributed by atoms with Gasteiger partial charge in [-0.15, -0.1) is 0 Å². The van der Waals surface area contributed by atoms with Gasteiger partial charge >= 0.3 is 6.03 Å². The molecule has 0 saturated carbocycles. The van der Waals surface area contributed by atoms with Crippen LogP contribution in [0, 0.1) is 18.8 Å². The zero-order valence-electron chi connectivity index (χ0n) is 14.1. The van der Waals surface area contributed by atoms with Crippen LogP contribution in [0.4, 0.5) is 10.5 Å². The van der Waals surface area contributed by atoms with Crippen molar-refractivity contribution in [2.75, 3.05) is 18.4 Å². The fourth-order valence-electron chi connectivity index (χ4n) is 3.90. The molecule has 2 fully saturated rings. The number of nitrogens with zero attached hydrogens (tertiary/aromatic N) is 2. The normalized spacial score (nSPS) is 25.8. The maximum absolute atomic E-state index is 12.5. The van der Waals surface area contributed by atoms with Gasteiger partial charge in [0.2, 0.25) is 11.8 Å². The van der Waals surface area contributed by atoms with Crippen molar-refractivity contribution >= 4 is 23.5 Å². The molecule has 130 valence electrons. The molecule has 1 N–H and O–H groups in total. The first-order chi connectivity index (χ1) is 12.0. The van der Waals surface area contributed by atoms with Gasteiger partial charge in [0.25, 0.3) is 0 Å². The number of hydrogen-bond acceptors (Lipinski definition) is 3. The van der Waals surface area contributed by atoms with Crippen molar-refractivity contribution in [3.8, 4) is 0 Å². The number of amides is 4. The summed E-state index contributed by atoms with van der Waals surface area (Å²) in [5.74, 6) is -0.536. The second-order valence-corrected chi connectivity index (χ2v) is 7.06. The number of carbonyl (C=O) groups excluding carboxylic acids is 3. The van der Waals surface area contributed by atoms with Crippen LogP contribution in [-0.4, -0.2) is 46.8 Å². The lowest BCUT2D eigenvalue weighted by Crippen LogP contribution is -2.63. The van der Waals surface area contributed by atoms with E-state index in [9.17, 15) is 14.4 Å². The Hall–Kier alpha value is -2.63. The van der Waals surface area contributed by atoms with Gasteiger partial charge in [0.1, 0.15) is 0 Å². The molecule has 2 saturated heterocycles. The van der Waals surface area contributed by atoms with Crippen molar-refractivity contribution < 1.29 is 14.4 Å². The van der Waals surface area contributed by atoms with Crippen LogP contribution < -0.4 is 5.32 Å². The monoisotopic (exact) mass is 339 g/mol. The molecule has 3 aliphatic rings. The molecule has 4 rings (SSSR count). The molecule has 0 spiro atoms. The summed E-state index contributed by atoms with van der Waals surface area (Å²) in [6, 6.07) is 7.22. The van der Waals surface area contributed by atoms with Crippen LogP contribution in [0.1, 0.15) is 18.4 Å². The molecule has 0 aromatic heterocycles. The highest BCUT2D eigenvalue weighted by atomic mass is 16.2. The molecule has 6 heteroatoms. The van der Waals surface area contributed by atoms with Gasteiger partial charge in [-0.25, -0.2) is 4.79 Å². The summed E-state index contributed by atoms with van der Waals surface area (Å²) in [6.07, 6.45) is 5.27. The molecular formula is C19H21N3O3. The molecule has 6 nitrogen and oxygen atoms in total. The molecule has 1 aliphatic carbocycles. The van der Waals surface area contributed by atoms with E-state index in [0.717, 1.165) is 11.3 Å². The van der Waals surface area contributed by atoms with Crippen LogP contribution in [0.15, 0.2) is 36.4 Å². The molecule has 4 amide bonds. The number of carbonyl (C=O) groups is 3. The highest BCUT2D eigenvalue weighted by Gasteiger charge is 2.52. The third-order valence-electron chi connectivity index (χ3n) is 5.33. The Labute approximate surface area is 146 Å². The van der Waals surface area contributed by atoms with Crippen molar-refractivity contribution in [2.45, 2.75) is 25.8 Å². The molecule has 2 aliphatic heterocycles. The van der Waals surface area contributed by atoms with Crippen molar-refractivity contribution in [3.05, 3.63) is 42.0 Å². The Morgan fingerprint density at radius 2 is 1.72 bits per heavy atom. The van der Waals surface area contributed by atoms with Crippen molar-refractivity contribution in [3.63, 3.8) is 0 Å². The maximum Gasteiger partial charge on any atom is 0.321 e. The number of imide groups is 1. The first-order valence-electron chi connectivity index (χ1n) is 8.69. The third kappa shape index (κ3) is 2.71. The van der Waals surface area contributed by atoms with Crippen LogP contribution in [0.25, 0.3) is 0 Å². The number of rotatable bonds is 2. The average Bonchev–Trinajstić information content (AvgIpc) is 2.79. The van der Waals surface area contributed by atoms with Crippen LogP contribution in [-0.2, 0) is 9.59 Å². The Morgan fingerprint density at radius 1 is 1.08 bits per heavy atom. The molecule has 25 heavy (non-hydrogen) atoms. The zero-order valence-corrected chi connectivity index (χ0v) is 14.1. The molecule has 0 radical (unpaired) electrons. The number of allylic oxidation sites excluding steroid dienone is 2. The standard InChI is InChI=1S/C19H21N3O3/c1-12-5-4-6-13(9-12)20-19(25)21-10-14(11-21)22-17(23)15-7-2-3-8-16(15)18(22)24/h2-6,9,14-16H,7-8,10-11H2,1H3,(H,20,25). The van der Waals surface area contributed by atoms with Gasteiger partial charge in [0.15, 0.2) is 0 Å². The Balaban J connectivity index is 1.36. The number of benzene rings is 1. The molecule has 2 heterocycles. The van der Waals surface area contributed by atoms with Crippen molar-refractivity contribution in [1.29, 1.82) is 0 Å². The van der Waals surface area contributed by atoms with Crippen LogP contribution in [0.5, 0.6) is 0 Å². The number of aryl methyl sites for hydroxylation is 1. The maximum atomic E-state index is 12.5. The summed E-state index contributed by atoms with van der Waals surface area (Å²) in [4.78, 5) is 40.4. The van der Waals surface area contributed by atoms with Crippen LogP contribution in [0.3, 0.4) is 0 Å². The van der Waals surface area contributed by atoms with Crippen molar-refractivity contribution in [2.24, 2.45) is 11.8 Å². The van der Waals surface area contributed by atoms with Gasteiger partial charge in [-0.2, -0.15) is 0 Å². The number of hydrogen-bond donors (Lipinski definition) is 1. The van der Waals surface area contributed by atoms with E-state index in [4.69, 9.17) is 0 Å². The summed E-state index contributed by atoms with van der Waals surface area (Å²) in [5.41, 5.74) is 1.82. The summed E-state index contributed by atoms with van der Waals surface area (Å²) in [7, 11) is 0. The van der Waals surface area contributed by atoms with Gasteiger partial charge in [-0.3, -0.25) is 14.5 Å². The van der Waals surface area contributed by atoms with Gasteiger partial charge in [-0.05, 0) is 37.5 Å². The van der Waals surface area contributed by atoms with E-state index in [1.54, 1.807) is 4.90 Å².